The largest absolute Gasteiger partial charge is 0.352 e. The number of anilines is 1. The van der Waals surface area contributed by atoms with E-state index in [2.05, 4.69) is 15.3 Å². The molecule has 0 aliphatic rings. The standard InChI is InChI=1S/C15H13ClFN3/c16-8-10-2-1-3-11(6-10)9-18-15-19-13-5-4-12(17)7-14(13)20-15/h1-7H,8-9H2,(H2,18,19,20). The molecule has 0 saturated heterocycles. The van der Waals surface area contributed by atoms with Gasteiger partial charge in [-0.25, -0.2) is 9.37 Å². The molecule has 1 aromatic heterocycles. The Morgan fingerprint density at radius 3 is 2.85 bits per heavy atom. The van der Waals surface area contributed by atoms with E-state index in [0.29, 0.717) is 23.9 Å². The molecular weight excluding hydrogens is 277 g/mol. The molecule has 3 aromatic rings. The Morgan fingerprint density at radius 1 is 1.15 bits per heavy atom. The van der Waals surface area contributed by atoms with Crippen LogP contribution in [0.5, 0.6) is 0 Å². The number of imidazole rings is 1. The Bertz CT molecular complexity index is 739. The van der Waals surface area contributed by atoms with Crippen molar-refractivity contribution in [1.29, 1.82) is 0 Å². The summed E-state index contributed by atoms with van der Waals surface area (Å²) in [5.41, 5.74) is 3.62. The molecule has 0 saturated carbocycles. The lowest BCUT2D eigenvalue weighted by Gasteiger charge is -2.04. The topological polar surface area (TPSA) is 40.7 Å². The van der Waals surface area contributed by atoms with Gasteiger partial charge in [-0.2, -0.15) is 0 Å². The van der Waals surface area contributed by atoms with E-state index in [-0.39, 0.29) is 5.82 Å². The number of rotatable bonds is 4. The minimum Gasteiger partial charge on any atom is -0.352 e. The summed E-state index contributed by atoms with van der Waals surface area (Å²) in [6, 6.07) is 12.5. The molecular formula is C15H13ClFN3. The van der Waals surface area contributed by atoms with Crippen LogP contribution >= 0.6 is 11.6 Å². The molecule has 20 heavy (non-hydrogen) atoms. The Morgan fingerprint density at radius 2 is 2.00 bits per heavy atom. The zero-order valence-corrected chi connectivity index (χ0v) is 11.4. The first-order valence-corrected chi connectivity index (χ1v) is 6.81. The third-order valence-corrected chi connectivity index (χ3v) is 3.36. The fraction of sp³-hybridized carbons (Fsp3) is 0.133. The second-order valence-corrected chi connectivity index (χ2v) is 4.82. The average Bonchev–Trinajstić information content (AvgIpc) is 2.87. The maximum Gasteiger partial charge on any atom is 0.201 e. The van der Waals surface area contributed by atoms with Crippen molar-refractivity contribution >= 4 is 28.6 Å². The maximum absolute atomic E-state index is 13.1. The van der Waals surface area contributed by atoms with Gasteiger partial charge in [-0.3, -0.25) is 0 Å². The lowest BCUT2D eigenvalue weighted by Crippen LogP contribution is -2.01. The molecule has 0 aliphatic heterocycles. The summed E-state index contributed by atoms with van der Waals surface area (Å²) in [7, 11) is 0. The van der Waals surface area contributed by atoms with E-state index < -0.39 is 0 Å². The molecule has 3 nitrogen and oxygen atoms in total. The Balaban J connectivity index is 1.76. The summed E-state index contributed by atoms with van der Waals surface area (Å²) in [5.74, 6) is 0.849. The van der Waals surface area contributed by atoms with E-state index in [4.69, 9.17) is 11.6 Å². The summed E-state index contributed by atoms with van der Waals surface area (Å²) in [6.45, 7) is 0.632. The Labute approximate surface area is 120 Å². The first-order chi connectivity index (χ1) is 9.74. The van der Waals surface area contributed by atoms with Gasteiger partial charge < -0.3 is 10.3 Å². The third kappa shape index (κ3) is 2.75. The van der Waals surface area contributed by atoms with Gasteiger partial charge in [0.15, 0.2) is 0 Å². The van der Waals surface area contributed by atoms with Gasteiger partial charge in [-0.15, -0.1) is 11.6 Å². The number of aromatic nitrogens is 2. The fourth-order valence-electron chi connectivity index (χ4n) is 2.07. The highest BCUT2D eigenvalue weighted by atomic mass is 35.5. The van der Waals surface area contributed by atoms with Gasteiger partial charge >= 0.3 is 0 Å². The van der Waals surface area contributed by atoms with Crippen LogP contribution in [0.1, 0.15) is 11.1 Å². The predicted octanol–water partition coefficient (Wildman–Crippen LogP) is 4.05. The summed E-state index contributed by atoms with van der Waals surface area (Å²) in [5, 5.41) is 3.19. The smallest absolute Gasteiger partial charge is 0.201 e. The van der Waals surface area contributed by atoms with E-state index in [1.807, 2.05) is 24.3 Å². The van der Waals surface area contributed by atoms with E-state index >= 15 is 0 Å². The number of hydrogen-bond donors (Lipinski definition) is 2. The highest BCUT2D eigenvalue weighted by molar-refractivity contribution is 6.17. The van der Waals surface area contributed by atoms with Crippen molar-refractivity contribution in [1.82, 2.24) is 9.97 Å². The number of benzene rings is 2. The first kappa shape index (κ1) is 12.9. The first-order valence-electron chi connectivity index (χ1n) is 6.27. The van der Waals surface area contributed by atoms with E-state index in [0.717, 1.165) is 16.6 Å². The average molecular weight is 290 g/mol. The Kier molecular flexibility index (Phi) is 3.56. The molecule has 0 bridgehead atoms. The summed E-state index contributed by atoms with van der Waals surface area (Å²) in [6.07, 6.45) is 0. The number of fused-ring (bicyclic) bond motifs is 1. The van der Waals surface area contributed by atoms with Crippen LogP contribution in [-0.2, 0) is 12.4 Å². The van der Waals surface area contributed by atoms with E-state index in [1.54, 1.807) is 6.07 Å². The van der Waals surface area contributed by atoms with Crippen LogP contribution in [0.2, 0.25) is 0 Å². The van der Waals surface area contributed by atoms with Gasteiger partial charge in [0.25, 0.3) is 0 Å². The van der Waals surface area contributed by atoms with Crippen molar-refractivity contribution < 1.29 is 4.39 Å². The predicted molar refractivity (Wildman–Crippen MR) is 79.4 cm³/mol. The maximum atomic E-state index is 13.1. The van der Waals surface area contributed by atoms with Crippen LogP contribution < -0.4 is 5.32 Å². The molecule has 0 atom stereocenters. The summed E-state index contributed by atoms with van der Waals surface area (Å²) < 4.78 is 13.1. The molecule has 3 rings (SSSR count). The van der Waals surface area contributed by atoms with Crippen LogP contribution in [-0.4, -0.2) is 9.97 Å². The minimum atomic E-state index is -0.275. The quantitative estimate of drug-likeness (QED) is 0.711. The van der Waals surface area contributed by atoms with Crippen LogP contribution in [0.4, 0.5) is 10.3 Å². The molecule has 2 N–H and O–H groups in total. The van der Waals surface area contributed by atoms with Crippen molar-refractivity contribution in [3.63, 3.8) is 0 Å². The summed E-state index contributed by atoms with van der Waals surface area (Å²) >= 11 is 5.81. The molecule has 5 heteroatoms. The van der Waals surface area contributed by atoms with Gasteiger partial charge in [0, 0.05) is 12.4 Å². The number of hydrogen-bond acceptors (Lipinski definition) is 2. The highest BCUT2D eigenvalue weighted by Gasteiger charge is 2.03. The van der Waals surface area contributed by atoms with Crippen LogP contribution in [0.15, 0.2) is 42.5 Å². The molecule has 1 heterocycles. The SMILES string of the molecule is Fc1ccc2nc(NCc3cccc(CCl)c3)[nH]c2c1. The molecule has 102 valence electrons. The third-order valence-electron chi connectivity index (χ3n) is 3.05. The van der Waals surface area contributed by atoms with Crippen molar-refractivity contribution in [2.75, 3.05) is 5.32 Å². The number of nitrogens with one attached hydrogen (secondary N) is 2. The second kappa shape index (κ2) is 5.51. The van der Waals surface area contributed by atoms with Gasteiger partial charge in [0.1, 0.15) is 5.82 Å². The number of halogens is 2. The van der Waals surface area contributed by atoms with Crippen molar-refractivity contribution in [3.05, 3.63) is 59.4 Å². The Hall–Kier alpha value is -2.07. The number of alkyl halides is 1. The molecule has 0 amide bonds. The lowest BCUT2D eigenvalue weighted by molar-refractivity contribution is 0.629. The molecule has 2 aromatic carbocycles. The van der Waals surface area contributed by atoms with Crippen LogP contribution in [0, 0.1) is 5.82 Å². The molecule has 0 spiro atoms. The summed E-state index contributed by atoms with van der Waals surface area (Å²) in [4.78, 5) is 7.40. The van der Waals surface area contributed by atoms with Gasteiger partial charge in [0.2, 0.25) is 5.95 Å². The van der Waals surface area contributed by atoms with E-state index in [9.17, 15) is 4.39 Å². The van der Waals surface area contributed by atoms with Gasteiger partial charge in [-0.05, 0) is 29.3 Å². The van der Waals surface area contributed by atoms with Crippen molar-refractivity contribution in [3.8, 4) is 0 Å². The minimum absolute atomic E-state index is 0.275. The highest BCUT2D eigenvalue weighted by Crippen LogP contribution is 2.16. The molecule has 0 radical (unpaired) electrons. The molecule has 0 fully saturated rings. The number of nitrogens with zero attached hydrogens (tertiary/aromatic N) is 1. The lowest BCUT2D eigenvalue weighted by atomic mass is 10.1. The fourth-order valence-corrected chi connectivity index (χ4v) is 2.24. The second-order valence-electron chi connectivity index (χ2n) is 4.55. The molecule has 0 unspecified atom stereocenters. The molecule has 0 aliphatic carbocycles. The zero-order valence-electron chi connectivity index (χ0n) is 10.7. The van der Waals surface area contributed by atoms with Gasteiger partial charge in [0.05, 0.1) is 11.0 Å². The normalized spacial score (nSPS) is 10.9. The van der Waals surface area contributed by atoms with E-state index in [1.165, 1.54) is 12.1 Å². The van der Waals surface area contributed by atoms with Crippen molar-refractivity contribution in [2.24, 2.45) is 0 Å². The monoisotopic (exact) mass is 289 g/mol. The van der Waals surface area contributed by atoms with Crippen LogP contribution in [0.25, 0.3) is 11.0 Å². The van der Waals surface area contributed by atoms with Crippen LogP contribution in [0.3, 0.4) is 0 Å². The number of H-pyrrole nitrogens is 1. The number of aromatic amines is 1. The zero-order chi connectivity index (χ0) is 13.9. The van der Waals surface area contributed by atoms with Gasteiger partial charge in [-0.1, -0.05) is 24.3 Å². The van der Waals surface area contributed by atoms with Crippen molar-refractivity contribution in [2.45, 2.75) is 12.4 Å².